The van der Waals surface area contributed by atoms with Crippen LogP contribution in [0.2, 0.25) is 0 Å². The van der Waals surface area contributed by atoms with Gasteiger partial charge in [0.1, 0.15) is 0 Å². The number of benzene rings is 1. The zero-order chi connectivity index (χ0) is 15.8. The Morgan fingerprint density at radius 1 is 1.33 bits per heavy atom. The minimum Gasteiger partial charge on any atom is -0.397 e. The van der Waals surface area contributed by atoms with Crippen molar-refractivity contribution in [3.05, 3.63) is 44.1 Å². The molecule has 0 radical (unpaired) electrons. The Labute approximate surface area is 131 Å². The Hall–Kier alpha value is -1.54. The molecule has 3 N–H and O–H groups in total. The quantitative estimate of drug-likeness (QED) is 0.745. The number of amides is 1. The molecule has 1 aromatic carbocycles. The first-order valence-corrected chi connectivity index (χ1v) is 7.33. The second-order valence-corrected chi connectivity index (χ2v) is 6.69. The van der Waals surface area contributed by atoms with Gasteiger partial charge in [0, 0.05) is 0 Å². The zero-order valence-corrected chi connectivity index (χ0v) is 13.1. The molecule has 0 saturated heterocycles. The monoisotopic (exact) mass is 378 g/mol. The molecule has 0 atom stereocenters. The van der Waals surface area contributed by atoms with Crippen LogP contribution in [-0.4, -0.2) is 5.91 Å². The van der Waals surface area contributed by atoms with Crippen LogP contribution >= 0.6 is 27.3 Å². The molecule has 0 spiro atoms. The molecule has 21 heavy (non-hydrogen) atoms. The van der Waals surface area contributed by atoms with Gasteiger partial charge in [-0.3, -0.25) is 4.79 Å². The van der Waals surface area contributed by atoms with Gasteiger partial charge in [-0.15, -0.1) is 11.3 Å². The number of rotatable bonds is 2. The van der Waals surface area contributed by atoms with E-state index in [4.69, 9.17) is 5.73 Å². The molecule has 0 bridgehead atoms. The van der Waals surface area contributed by atoms with E-state index in [1.807, 2.05) is 6.92 Å². The number of nitrogens with two attached hydrogens (primary N) is 1. The van der Waals surface area contributed by atoms with Gasteiger partial charge >= 0.3 is 6.18 Å². The van der Waals surface area contributed by atoms with Crippen LogP contribution in [0.5, 0.6) is 0 Å². The standard InChI is InChI=1S/C13H10BrF3N2OS/c1-6-4-10(21-11(6)14)12(20)19-9-3-2-7(5-8(9)18)13(15,16)17/h2-5H,18H2,1H3,(H,19,20). The lowest BCUT2D eigenvalue weighted by molar-refractivity contribution is -0.137. The van der Waals surface area contributed by atoms with E-state index in [-0.39, 0.29) is 11.4 Å². The first-order chi connectivity index (χ1) is 9.68. The summed E-state index contributed by atoms with van der Waals surface area (Å²) in [6, 6.07) is 4.50. The molecule has 8 heteroatoms. The molecule has 0 aliphatic carbocycles. The third-order valence-corrected chi connectivity index (χ3v) is 4.84. The summed E-state index contributed by atoms with van der Waals surface area (Å²) >= 11 is 4.54. The summed E-state index contributed by atoms with van der Waals surface area (Å²) in [5.41, 5.74) is 5.63. The highest BCUT2D eigenvalue weighted by Crippen LogP contribution is 2.33. The van der Waals surface area contributed by atoms with E-state index < -0.39 is 17.6 Å². The SMILES string of the molecule is Cc1cc(C(=O)Nc2ccc(C(F)(F)F)cc2N)sc1Br. The van der Waals surface area contributed by atoms with E-state index >= 15 is 0 Å². The molecule has 0 fully saturated rings. The van der Waals surface area contributed by atoms with Crippen molar-refractivity contribution in [2.24, 2.45) is 0 Å². The second kappa shape index (κ2) is 5.69. The van der Waals surface area contributed by atoms with Crippen LogP contribution in [0.3, 0.4) is 0 Å². The Morgan fingerprint density at radius 2 is 2.00 bits per heavy atom. The van der Waals surface area contributed by atoms with Crippen LogP contribution in [0.1, 0.15) is 20.8 Å². The number of thiophene rings is 1. The van der Waals surface area contributed by atoms with Gasteiger partial charge in [0.15, 0.2) is 0 Å². The van der Waals surface area contributed by atoms with Crippen LogP contribution < -0.4 is 11.1 Å². The van der Waals surface area contributed by atoms with Crippen molar-refractivity contribution in [3.63, 3.8) is 0 Å². The number of nitrogen functional groups attached to an aromatic ring is 1. The molecular formula is C13H10BrF3N2OS. The summed E-state index contributed by atoms with van der Waals surface area (Å²) < 4.78 is 38.4. The first-order valence-electron chi connectivity index (χ1n) is 5.72. The molecule has 0 aliphatic heterocycles. The fourth-order valence-electron chi connectivity index (χ4n) is 1.61. The molecule has 0 aliphatic rings. The third-order valence-electron chi connectivity index (χ3n) is 2.71. The maximum Gasteiger partial charge on any atom is 0.416 e. The second-order valence-electron chi connectivity index (χ2n) is 4.32. The van der Waals surface area contributed by atoms with E-state index in [2.05, 4.69) is 21.2 Å². The van der Waals surface area contributed by atoms with Crippen LogP contribution in [0, 0.1) is 6.92 Å². The molecule has 1 aromatic heterocycles. The highest BCUT2D eigenvalue weighted by atomic mass is 79.9. The van der Waals surface area contributed by atoms with Gasteiger partial charge in [0.05, 0.1) is 25.6 Å². The van der Waals surface area contributed by atoms with Crippen molar-refractivity contribution in [2.45, 2.75) is 13.1 Å². The van der Waals surface area contributed by atoms with E-state index in [0.717, 1.165) is 27.5 Å². The number of hydrogen-bond donors (Lipinski definition) is 2. The molecule has 0 saturated carbocycles. The molecule has 3 nitrogen and oxygen atoms in total. The number of nitrogens with one attached hydrogen (secondary N) is 1. The van der Waals surface area contributed by atoms with Crippen molar-refractivity contribution in [2.75, 3.05) is 11.1 Å². The Balaban J connectivity index is 2.22. The van der Waals surface area contributed by atoms with Gasteiger partial charge in [-0.05, 0) is 52.7 Å². The summed E-state index contributed by atoms with van der Waals surface area (Å²) in [5, 5.41) is 2.50. The van der Waals surface area contributed by atoms with E-state index in [0.29, 0.717) is 4.88 Å². The van der Waals surface area contributed by atoms with Crippen LogP contribution in [0.4, 0.5) is 24.5 Å². The predicted molar refractivity (Wildman–Crippen MR) is 80.6 cm³/mol. The van der Waals surface area contributed by atoms with E-state index in [1.165, 1.54) is 11.3 Å². The highest BCUT2D eigenvalue weighted by molar-refractivity contribution is 9.11. The maximum absolute atomic E-state index is 12.5. The van der Waals surface area contributed by atoms with Gasteiger partial charge < -0.3 is 11.1 Å². The number of alkyl halides is 3. The topological polar surface area (TPSA) is 55.1 Å². The van der Waals surface area contributed by atoms with Gasteiger partial charge in [0.25, 0.3) is 5.91 Å². The Morgan fingerprint density at radius 3 is 2.48 bits per heavy atom. The van der Waals surface area contributed by atoms with Gasteiger partial charge in [-0.25, -0.2) is 0 Å². The lowest BCUT2D eigenvalue weighted by Crippen LogP contribution is -2.13. The molecule has 2 aromatic rings. The van der Waals surface area contributed by atoms with Crippen molar-refractivity contribution in [1.29, 1.82) is 0 Å². The Kier molecular flexibility index (Phi) is 4.29. The van der Waals surface area contributed by atoms with Gasteiger partial charge in [0.2, 0.25) is 0 Å². The fraction of sp³-hybridized carbons (Fsp3) is 0.154. The highest BCUT2D eigenvalue weighted by Gasteiger charge is 2.30. The summed E-state index contributed by atoms with van der Waals surface area (Å²) in [5.74, 6) is -0.416. The smallest absolute Gasteiger partial charge is 0.397 e. The summed E-state index contributed by atoms with van der Waals surface area (Å²) in [4.78, 5) is 12.5. The number of anilines is 2. The minimum atomic E-state index is -4.47. The van der Waals surface area contributed by atoms with Gasteiger partial charge in [-0.1, -0.05) is 0 Å². The normalized spacial score (nSPS) is 11.5. The molecular weight excluding hydrogens is 369 g/mol. The van der Waals surface area contributed by atoms with E-state index in [9.17, 15) is 18.0 Å². The van der Waals surface area contributed by atoms with Crippen LogP contribution in [-0.2, 0) is 6.18 Å². The molecule has 0 unspecified atom stereocenters. The molecule has 112 valence electrons. The lowest BCUT2D eigenvalue weighted by Gasteiger charge is -2.11. The third kappa shape index (κ3) is 3.56. The number of aryl methyl sites for hydroxylation is 1. The molecule has 2 rings (SSSR count). The summed E-state index contributed by atoms with van der Waals surface area (Å²) in [6.45, 7) is 1.84. The number of carbonyl (C=O) groups excluding carboxylic acids is 1. The van der Waals surface area contributed by atoms with E-state index in [1.54, 1.807) is 6.07 Å². The van der Waals surface area contributed by atoms with Crippen molar-refractivity contribution >= 4 is 44.5 Å². The van der Waals surface area contributed by atoms with Crippen LogP contribution in [0.15, 0.2) is 28.1 Å². The summed E-state index contributed by atoms with van der Waals surface area (Å²) in [7, 11) is 0. The average Bonchev–Trinajstić information content (AvgIpc) is 2.71. The minimum absolute atomic E-state index is 0.134. The van der Waals surface area contributed by atoms with Crippen molar-refractivity contribution in [1.82, 2.24) is 0 Å². The average molecular weight is 379 g/mol. The van der Waals surface area contributed by atoms with Gasteiger partial charge in [-0.2, -0.15) is 13.2 Å². The first kappa shape index (κ1) is 15.8. The number of hydrogen-bond acceptors (Lipinski definition) is 3. The molecule has 1 amide bonds. The Bertz CT molecular complexity index is 678. The maximum atomic E-state index is 12.5. The number of halogens is 4. The zero-order valence-electron chi connectivity index (χ0n) is 10.7. The van der Waals surface area contributed by atoms with Crippen LogP contribution in [0.25, 0.3) is 0 Å². The van der Waals surface area contributed by atoms with Crippen molar-refractivity contribution in [3.8, 4) is 0 Å². The van der Waals surface area contributed by atoms with Crippen molar-refractivity contribution < 1.29 is 18.0 Å². The molecule has 1 heterocycles. The number of carbonyl (C=O) groups is 1. The largest absolute Gasteiger partial charge is 0.416 e. The fourth-order valence-corrected chi connectivity index (χ4v) is 3.04. The summed E-state index contributed by atoms with van der Waals surface area (Å²) in [6.07, 6.45) is -4.47. The predicted octanol–water partition coefficient (Wildman–Crippen LogP) is 4.67. The lowest BCUT2D eigenvalue weighted by atomic mass is 10.1.